The van der Waals surface area contributed by atoms with Crippen LogP contribution in [0.25, 0.3) is 0 Å². The van der Waals surface area contributed by atoms with Gasteiger partial charge in [-0.25, -0.2) is 13.1 Å². The van der Waals surface area contributed by atoms with Crippen LogP contribution in [0.4, 0.5) is 0 Å². The van der Waals surface area contributed by atoms with Gasteiger partial charge >= 0.3 is 0 Å². The highest BCUT2D eigenvalue weighted by Gasteiger charge is 2.23. The molecule has 0 aliphatic carbocycles. The van der Waals surface area contributed by atoms with Gasteiger partial charge in [0.25, 0.3) is 0 Å². The molecule has 1 aromatic heterocycles. The van der Waals surface area contributed by atoms with Gasteiger partial charge in [0.1, 0.15) is 4.90 Å². The van der Waals surface area contributed by atoms with Crippen molar-refractivity contribution >= 4 is 10.0 Å². The number of nitrogens with zero attached hydrogens (tertiary/aromatic N) is 2. The van der Waals surface area contributed by atoms with Gasteiger partial charge in [-0.1, -0.05) is 0 Å². The lowest BCUT2D eigenvalue weighted by atomic mass is 9.96. The molecule has 1 aromatic rings. The Morgan fingerprint density at radius 3 is 2.75 bits per heavy atom. The number of sulfonamides is 1. The summed E-state index contributed by atoms with van der Waals surface area (Å²) >= 11 is 0. The summed E-state index contributed by atoms with van der Waals surface area (Å²) in [5.74, 6) is 0.572. The highest BCUT2D eigenvalue weighted by atomic mass is 32.2. The Labute approximate surface area is 121 Å². The fourth-order valence-corrected chi connectivity index (χ4v) is 4.26. The summed E-state index contributed by atoms with van der Waals surface area (Å²) in [6.45, 7) is 6.07. The Hall–Kier alpha value is -0.920. The van der Waals surface area contributed by atoms with Crippen LogP contribution in [0.15, 0.2) is 4.90 Å². The van der Waals surface area contributed by atoms with Crippen molar-refractivity contribution in [2.45, 2.75) is 38.0 Å². The molecule has 1 aliphatic heterocycles. The number of piperidine rings is 1. The van der Waals surface area contributed by atoms with Crippen molar-refractivity contribution in [2.24, 2.45) is 13.0 Å². The predicted octanol–water partition coefficient (Wildman–Crippen LogP) is 0.705. The maximum absolute atomic E-state index is 12.3. The maximum atomic E-state index is 12.3. The zero-order chi connectivity index (χ0) is 14.8. The maximum Gasteiger partial charge on any atom is 0.244 e. The highest BCUT2D eigenvalue weighted by molar-refractivity contribution is 7.89. The van der Waals surface area contributed by atoms with E-state index in [2.05, 4.69) is 15.1 Å². The number of hydrogen-bond acceptors (Lipinski definition) is 4. The smallest absolute Gasteiger partial charge is 0.244 e. The van der Waals surface area contributed by atoms with Crippen molar-refractivity contribution in [2.75, 3.05) is 19.6 Å². The molecule has 1 atom stereocenters. The molecule has 1 aliphatic rings. The summed E-state index contributed by atoms with van der Waals surface area (Å²) in [7, 11) is -1.70. The number of nitrogens with one attached hydrogen (secondary N) is 2. The summed E-state index contributed by atoms with van der Waals surface area (Å²) in [6.07, 6.45) is 3.24. The van der Waals surface area contributed by atoms with E-state index in [1.165, 1.54) is 12.8 Å². The summed E-state index contributed by atoms with van der Waals surface area (Å²) in [4.78, 5) is 0.321. The summed E-state index contributed by atoms with van der Waals surface area (Å²) in [5, 5.41) is 7.51. The fourth-order valence-electron chi connectivity index (χ4n) is 2.78. The minimum atomic E-state index is -3.46. The topological polar surface area (TPSA) is 76.0 Å². The molecule has 2 rings (SSSR count). The molecule has 0 amide bonds. The molecule has 0 radical (unpaired) electrons. The van der Waals surface area contributed by atoms with Crippen molar-refractivity contribution < 1.29 is 8.42 Å². The van der Waals surface area contributed by atoms with Crippen LogP contribution < -0.4 is 10.0 Å². The van der Waals surface area contributed by atoms with Crippen molar-refractivity contribution in [3.8, 4) is 0 Å². The third-order valence-corrected chi connectivity index (χ3v) is 5.67. The first-order valence-electron chi connectivity index (χ1n) is 7.12. The van der Waals surface area contributed by atoms with E-state index in [-0.39, 0.29) is 0 Å². The lowest BCUT2D eigenvalue weighted by molar-refractivity contribution is 0.358. The quantitative estimate of drug-likeness (QED) is 0.839. The van der Waals surface area contributed by atoms with E-state index in [4.69, 9.17) is 0 Å². The van der Waals surface area contributed by atoms with Gasteiger partial charge in [-0.05, 0) is 52.1 Å². The van der Waals surface area contributed by atoms with E-state index in [0.29, 0.717) is 28.7 Å². The van der Waals surface area contributed by atoms with E-state index >= 15 is 0 Å². The van der Waals surface area contributed by atoms with E-state index in [0.717, 1.165) is 19.5 Å². The molecule has 0 spiro atoms. The average molecular weight is 300 g/mol. The Morgan fingerprint density at radius 2 is 2.20 bits per heavy atom. The van der Waals surface area contributed by atoms with Crippen LogP contribution in [0.5, 0.6) is 0 Å². The molecular weight excluding hydrogens is 276 g/mol. The predicted molar refractivity (Wildman–Crippen MR) is 78.1 cm³/mol. The summed E-state index contributed by atoms with van der Waals surface area (Å²) in [5.41, 5.74) is 1.23. The van der Waals surface area contributed by atoms with Crippen LogP contribution in [0, 0.1) is 19.8 Å². The van der Waals surface area contributed by atoms with Gasteiger partial charge in [0.2, 0.25) is 10.0 Å². The van der Waals surface area contributed by atoms with E-state index in [9.17, 15) is 8.42 Å². The van der Waals surface area contributed by atoms with Crippen LogP contribution in [0.1, 0.15) is 30.7 Å². The first-order chi connectivity index (χ1) is 9.42. The lowest BCUT2D eigenvalue weighted by Gasteiger charge is -2.22. The van der Waals surface area contributed by atoms with E-state index < -0.39 is 10.0 Å². The lowest BCUT2D eigenvalue weighted by Crippen LogP contribution is -2.33. The number of rotatable bonds is 5. The monoisotopic (exact) mass is 300 g/mol. The molecule has 20 heavy (non-hydrogen) atoms. The molecule has 0 saturated carbocycles. The molecule has 6 nitrogen and oxygen atoms in total. The Kier molecular flexibility index (Phi) is 4.82. The van der Waals surface area contributed by atoms with Gasteiger partial charge in [-0.15, -0.1) is 0 Å². The number of aryl methyl sites for hydroxylation is 2. The van der Waals surface area contributed by atoms with Gasteiger partial charge in [0, 0.05) is 13.6 Å². The number of aromatic nitrogens is 2. The van der Waals surface area contributed by atoms with Crippen molar-refractivity contribution in [1.82, 2.24) is 19.8 Å². The molecule has 0 unspecified atom stereocenters. The molecule has 114 valence electrons. The second-order valence-corrected chi connectivity index (χ2v) is 7.23. The zero-order valence-corrected chi connectivity index (χ0v) is 13.3. The second kappa shape index (κ2) is 6.24. The van der Waals surface area contributed by atoms with E-state index in [1.807, 2.05) is 0 Å². The average Bonchev–Trinajstić information content (AvgIpc) is 2.64. The molecular formula is C13H24N4O2S. The molecule has 0 aromatic carbocycles. The molecule has 2 N–H and O–H groups in total. The van der Waals surface area contributed by atoms with Crippen molar-refractivity contribution in [3.63, 3.8) is 0 Å². The van der Waals surface area contributed by atoms with Gasteiger partial charge in [-0.3, -0.25) is 4.68 Å². The van der Waals surface area contributed by atoms with Crippen LogP contribution >= 0.6 is 0 Å². The Balaban J connectivity index is 1.97. The first-order valence-corrected chi connectivity index (χ1v) is 8.60. The Bertz CT molecular complexity index is 559. The molecule has 2 heterocycles. The normalized spacial score (nSPS) is 20.2. The summed E-state index contributed by atoms with van der Waals surface area (Å²) in [6, 6.07) is 0. The molecule has 7 heteroatoms. The fraction of sp³-hybridized carbons (Fsp3) is 0.769. The molecule has 0 bridgehead atoms. The van der Waals surface area contributed by atoms with Crippen molar-refractivity contribution in [1.29, 1.82) is 0 Å². The first kappa shape index (κ1) is 15.5. The highest BCUT2D eigenvalue weighted by Crippen LogP contribution is 2.19. The van der Waals surface area contributed by atoms with Gasteiger partial charge in [0.05, 0.1) is 11.4 Å². The largest absolute Gasteiger partial charge is 0.316 e. The van der Waals surface area contributed by atoms with Gasteiger partial charge in [-0.2, -0.15) is 5.10 Å². The number of hydrogen-bond donors (Lipinski definition) is 2. The second-order valence-electron chi connectivity index (χ2n) is 5.52. The minimum Gasteiger partial charge on any atom is -0.316 e. The molecule has 1 saturated heterocycles. The minimum absolute atomic E-state index is 0.321. The van der Waals surface area contributed by atoms with E-state index in [1.54, 1.807) is 25.6 Å². The zero-order valence-electron chi connectivity index (χ0n) is 12.4. The molecule has 1 fully saturated rings. The third kappa shape index (κ3) is 3.39. The van der Waals surface area contributed by atoms with Crippen LogP contribution in [0.2, 0.25) is 0 Å². The SMILES string of the molecule is Cc1nn(C)c(C)c1S(=O)(=O)NCC[C@H]1CCCNC1. The van der Waals surface area contributed by atoms with Crippen LogP contribution in [-0.4, -0.2) is 37.8 Å². The van der Waals surface area contributed by atoms with Gasteiger partial charge in [0.15, 0.2) is 0 Å². The summed E-state index contributed by atoms with van der Waals surface area (Å²) < 4.78 is 29.0. The third-order valence-electron chi connectivity index (χ3n) is 3.95. The Morgan fingerprint density at radius 1 is 1.45 bits per heavy atom. The van der Waals surface area contributed by atoms with Crippen LogP contribution in [0.3, 0.4) is 0 Å². The van der Waals surface area contributed by atoms with Gasteiger partial charge < -0.3 is 5.32 Å². The van der Waals surface area contributed by atoms with Crippen molar-refractivity contribution in [3.05, 3.63) is 11.4 Å². The standard InChI is InChI=1S/C13H24N4O2S/c1-10-13(11(2)17(3)16-10)20(18,19)15-8-6-12-5-4-7-14-9-12/h12,14-15H,4-9H2,1-3H3/t12-/m1/s1. The van der Waals surface area contributed by atoms with Crippen LogP contribution in [-0.2, 0) is 17.1 Å².